The smallest absolute Gasteiger partial charge is 0.350 e. The van der Waals surface area contributed by atoms with Crippen LogP contribution in [0.4, 0.5) is 0 Å². The third-order valence-corrected chi connectivity index (χ3v) is 4.42. The van der Waals surface area contributed by atoms with Crippen LogP contribution in [-0.2, 0) is 30.2 Å². The van der Waals surface area contributed by atoms with E-state index in [2.05, 4.69) is 0 Å². The van der Waals surface area contributed by atoms with Crippen molar-refractivity contribution in [2.75, 3.05) is 19.8 Å². The monoisotopic (exact) mass is 334 g/mol. The molecule has 1 aliphatic heterocycles. The van der Waals surface area contributed by atoms with Gasteiger partial charge in [0.15, 0.2) is 0 Å². The highest BCUT2D eigenvalue weighted by atomic mass is 16.6. The second-order valence-corrected chi connectivity index (χ2v) is 6.36. The average Bonchev–Trinajstić information content (AvgIpc) is 2.52. The molecule has 0 saturated carbocycles. The molecule has 1 heterocycles. The maximum absolute atomic E-state index is 12.5. The Bertz CT molecular complexity index is 591. The molecule has 1 aromatic carbocycles. The molecule has 0 aliphatic carbocycles. The zero-order chi connectivity index (χ0) is 17.7. The number of rotatable bonds is 5. The van der Waals surface area contributed by atoms with E-state index in [1.54, 1.807) is 6.92 Å². The van der Waals surface area contributed by atoms with E-state index in [1.807, 2.05) is 32.9 Å². The zero-order valence-electron chi connectivity index (χ0n) is 14.9. The summed E-state index contributed by atoms with van der Waals surface area (Å²) < 4.78 is 16.1. The SMILES string of the molecule is CCOC(=O)C1(OC(=O)Cc2c(C)cc(C)cc2C)CCOCC1. The van der Waals surface area contributed by atoms with Crippen molar-refractivity contribution in [1.29, 1.82) is 0 Å². The van der Waals surface area contributed by atoms with Crippen LogP contribution in [0.1, 0.15) is 42.0 Å². The molecule has 24 heavy (non-hydrogen) atoms. The number of benzene rings is 1. The minimum atomic E-state index is -1.21. The summed E-state index contributed by atoms with van der Waals surface area (Å²) in [7, 11) is 0. The van der Waals surface area contributed by atoms with Crippen molar-refractivity contribution in [1.82, 2.24) is 0 Å². The quantitative estimate of drug-likeness (QED) is 0.775. The molecule has 132 valence electrons. The third-order valence-electron chi connectivity index (χ3n) is 4.42. The number of ether oxygens (including phenoxy) is 3. The summed E-state index contributed by atoms with van der Waals surface area (Å²) in [4.78, 5) is 24.8. The summed E-state index contributed by atoms with van der Waals surface area (Å²) >= 11 is 0. The van der Waals surface area contributed by atoms with Crippen molar-refractivity contribution in [3.8, 4) is 0 Å². The summed E-state index contributed by atoms with van der Waals surface area (Å²) in [5.74, 6) is -0.876. The van der Waals surface area contributed by atoms with Crippen LogP contribution in [0.3, 0.4) is 0 Å². The van der Waals surface area contributed by atoms with Gasteiger partial charge in [-0.05, 0) is 44.4 Å². The Morgan fingerprint density at radius 1 is 1.12 bits per heavy atom. The topological polar surface area (TPSA) is 61.8 Å². The Kier molecular flexibility index (Phi) is 5.99. The summed E-state index contributed by atoms with van der Waals surface area (Å²) in [5.41, 5.74) is 3.02. The Labute approximate surface area is 143 Å². The first kappa shape index (κ1) is 18.5. The average molecular weight is 334 g/mol. The summed E-state index contributed by atoms with van der Waals surface area (Å²) in [6.45, 7) is 8.76. The number of carbonyl (C=O) groups is 2. The Morgan fingerprint density at radius 2 is 1.71 bits per heavy atom. The molecule has 0 bridgehead atoms. The zero-order valence-corrected chi connectivity index (χ0v) is 14.9. The van der Waals surface area contributed by atoms with Crippen molar-refractivity contribution >= 4 is 11.9 Å². The fourth-order valence-corrected chi connectivity index (χ4v) is 3.20. The van der Waals surface area contributed by atoms with E-state index >= 15 is 0 Å². The molecule has 0 spiro atoms. The van der Waals surface area contributed by atoms with Crippen molar-refractivity contribution in [3.63, 3.8) is 0 Å². The lowest BCUT2D eigenvalue weighted by atomic mass is 9.93. The molecule has 5 nitrogen and oxygen atoms in total. The summed E-state index contributed by atoms with van der Waals surface area (Å²) in [5, 5.41) is 0. The van der Waals surface area contributed by atoms with Gasteiger partial charge in [0.05, 0.1) is 26.2 Å². The van der Waals surface area contributed by atoms with E-state index in [0.29, 0.717) is 26.1 Å². The Balaban J connectivity index is 2.15. The maximum atomic E-state index is 12.5. The molecular weight excluding hydrogens is 308 g/mol. The van der Waals surface area contributed by atoms with Gasteiger partial charge in [0.25, 0.3) is 0 Å². The highest BCUT2D eigenvalue weighted by Crippen LogP contribution is 2.28. The van der Waals surface area contributed by atoms with Crippen LogP contribution in [0.5, 0.6) is 0 Å². The van der Waals surface area contributed by atoms with Crippen molar-refractivity contribution in [2.24, 2.45) is 0 Å². The van der Waals surface area contributed by atoms with Gasteiger partial charge in [-0.3, -0.25) is 4.79 Å². The van der Waals surface area contributed by atoms with Crippen LogP contribution in [0.15, 0.2) is 12.1 Å². The number of hydrogen-bond donors (Lipinski definition) is 0. The molecule has 1 saturated heterocycles. The Hall–Kier alpha value is -1.88. The van der Waals surface area contributed by atoms with Gasteiger partial charge in [-0.25, -0.2) is 4.79 Å². The van der Waals surface area contributed by atoms with Gasteiger partial charge in [-0.15, -0.1) is 0 Å². The first-order chi connectivity index (χ1) is 11.4. The standard InChI is InChI=1S/C19H26O5/c1-5-23-18(21)19(6-8-22-9-7-19)24-17(20)12-16-14(3)10-13(2)11-15(16)4/h10-11H,5-9,12H2,1-4H3. The molecule has 0 unspecified atom stereocenters. The lowest BCUT2D eigenvalue weighted by Crippen LogP contribution is -2.49. The minimum absolute atomic E-state index is 0.153. The van der Waals surface area contributed by atoms with Gasteiger partial charge >= 0.3 is 11.9 Å². The molecule has 0 radical (unpaired) electrons. The van der Waals surface area contributed by atoms with Crippen molar-refractivity contribution in [3.05, 3.63) is 34.4 Å². The summed E-state index contributed by atoms with van der Waals surface area (Å²) in [6, 6.07) is 4.09. The second-order valence-electron chi connectivity index (χ2n) is 6.36. The van der Waals surface area contributed by atoms with E-state index < -0.39 is 17.5 Å². The molecule has 5 heteroatoms. The van der Waals surface area contributed by atoms with Crippen LogP contribution in [-0.4, -0.2) is 37.4 Å². The molecular formula is C19H26O5. The van der Waals surface area contributed by atoms with Gasteiger partial charge in [0.1, 0.15) is 0 Å². The number of esters is 2. The predicted molar refractivity (Wildman–Crippen MR) is 89.9 cm³/mol. The van der Waals surface area contributed by atoms with E-state index in [9.17, 15) is 9.59 Å². The van der Waals surface area contributed by atoms with Crippen LogP contribution in [0, 0.1) is 20.8 Å². The van der Waals surface area contributed by atoms with Crippen molar-refractivity contribution < 1.29 is 23.8 Å². The molecule has 1 fully saturated rings. The van der Waals surface area contributed by atoms with Crippen LogP contribution in [0.2, 0.25) is 0 Å². The van der Waals surface area contributed by atoms with Crippen LogP contribution in [0.25, 0.3) is 0 Å². The largest absolute Gasteiger partial charge is 0.463 e. The number of hydrogen-bond acceptors (Lipinski definition) is 5. The molecule has 1 aliphatic rings. The first-order valence-corrected chi connectivity index (χ1v) is 8.41. The lowest BCUT2D eigenvalue weighted by molar-refractivity contribution is -0.192. The highest BCUT2D eigenvalue weighted by Gasteiger charge is 2.45. The van der Waals surface area contributed by atoms with E-state index in [-0.39, 0.29) is 13.0 Å². The van der Waals surface area contributed by atoms with Gasteiger partial charge in [-0.1, -0.05) is 17.7 Å². The number of carbonyl (C=O) groups excluding carboxylic acids is 2. The normalized spacial score (nSPS) is 16.5. The molecule has 2 rings (SSSR count). The minimum Gasteiger partial charge on any atom is -0.463 e. The first-order valence-electron chi connectivity index (χ1n) is 8.41. The fraction of sp³-hybridized carbons (Fsp3) is 0.579. The van der Waals surface area contributed by atoms with E-state index in [0.717, 1.165) is 22.3 Å². The van der Waals surface area contributed by atoms with E-state index in [4.69, 9.17) is 14.2 Å². The van der Waals surface area contributed by atoms with Crippen LogP contribution < -0.4 is 0 Å². The van der Waals surface area contributed by atoms with Gasteiger partial charge in [0.2, 0.25) is 5.60 Å². The van der Waals surface area contributed by atoms with Gasteiger partial charge in [-0.2, -0.15) is 0 Å². The van der Waals surface area contributed by atoms with Crippen molar-refractivity contribution in [2.45, 2.75) is 52.6 Å². The lowest BCUT2D eigenvalue weighted by Gasteiger charge is -2.34. The van der Waals surface area contributed by atoms with Crippen LogP contribution >= 0.6 is 0 Å². The highest BCUT2D eigenvalue weighted by molar-refractivity contribution is 5.84. The molecule has 0 amide bonds. The molecule has 0 aromatic heterocycles. The molecule has 1 aromatic rings. The second kappa shape index (κ2) is 7.79. The molecule has 0 atom stereocenters. The van der Waals surface area contributed by atoms with E-state index in [1.165, 1.54) is 0 Å². The Morgan fingerprint density at radius 3 is 2.25 bits per heavy atom. The fourth-order valence-electron chi connectivity index (χ4n) is 3.20. The summed E-state index contributed by atoms with van der Waals surface area (Å²) in [6.07, 6.45) is 0.826. The van der Waals surface area contributed by atoms with Gasteiger partial charge in [0, 0.05) is 12.8 Å². The number of aryl methyl sites for hydroxylation is 3. The third kappa shape index (κ3) is 4.15. The van der Waals surface area contributed by atoms with Gasteiger partial charge < -0.3 is 14.2 Å². The predicted octanol–water partition coefficient (Wildman–Crippen LogP) is 2.81. The molecule has 0 N–H and O–H groups in total. The maximum Gasteiger partial charge on any atom is 0.350 e.